The van der Waals surface area contributed by atoms with Crippen molar-refractivity contribution < 1.29 is 23.1 Å². The highest BCUT2D eigenvalue weighted by Crippen LogP contribution is 2.34. The zero-order valence-corrected chi connectivity index (χ0v) is 14.5. The van der Waals surface area contributed by atoms with E-state index in [0.29, 0.717) is 33.9 Å². The summed E-state index contributed by atoms with van der Waals surface area (Å²) in [5.41, 5.74) is 1.53. The quantitative estimate of drug-likeness (QED) is 0.682. The third kappa shape index (κ3) is 3.25. The van der Waals surface area contributed by atoms with Crippen LogP contribution in [0.25, 0.3) is 22.0 Å². The van der Waals surface area contributed by atoms with E-state index in [9.17, 15) is 23.1 Å². The second-order valence-electron chi connectivity index (χ2n) is 6.20. The summed E-state index contributed by atoms with van der Waals surface area (Å²) in [5.74, 6) is -3.85. The van der Waals surface area contributed by atoms with Gasteiger partial charge in [-0.15, -0.1) is 0 Å². The lowest BCUT2D eigenvalue weighted by molar-refractivity contribution is -0.0262. The Bertz CT molecular complexity index is 1010. The molecule has 1 saturated heterocycles. The Balaban J connectivity index is 1.58. The first-order valence-corrected chi connectivity index (χ1v) is 8.69. The van der Waals surface area contributed by atoms with Crippen LogP contribution >= 0.6 is 11.5 Å². The fourth-order valence-electron chi connectivity index (χ4n) is 2.81. The van der Waals surface area contributed by atoms with Crippen LogP contribution in [0.4, 0.5) is 18.9 Å². The first-order valence-electron chi connectivity index (χ1n) is 7.91. The van der Waals surface area contributed by atoms with Crippen molar-refractivity contribution >= 4 is 23.5 Å². The van der Waals surface area contributed by atoms with Crippen LogP contribution in [-0.2, 0) is 0 Å². The minimum atomic E-state index is -2.64. The number of rotatable bonds is 4. The van der Waals surface area contributed by atoms with Crippen LogP contribution in [0, 0.1) is 5.82 Å². The molecule has 1 N–H and O–H groups in total. The molecule has 3 aromatic rings. The van der Waals surface area contributed by atoms with Gasteiger partial charge in [0.1, 0.15) is 5.01 Å². The molecule has 0 bridgehead atoms. The second-order valence-corrected chi connectivity index (χ2v) is 6.95. The van der Waals surface area contributed by atoms with Crippen molar-refractivity contribution in [2.45, 2.75) is 5.92 Å². The average Bonchev–Trinajstić information content (AvgIpc) is 3.12. The van der Waals surface area contributed by atoms with Crippen molar-refractivity contribution in [3.8, 4) is 27.7 Å². The van der Waals surface area contributed by atoms with E-state index in [1.165, 1.54) is 6.07 Å². The molecular formula is C18H12F3N3O2S. The highest BCUT2D eigenvalue weighted by atomic mass is 32.1. The molecule has 27 heavy (non-hydrogen) atoms. The van der Waals surface area contributed by atoms with Gasteiger partial charge in [-0.2, -0.15) is 4.37 Å². The van der Waals surface area contributed by atoms with Gasteiger partial charge in [0.15, 0.2) is 23.7 Å². The summed E-state index contributed by atoms with van der Waals surface area (Å²) in [6, 6.07) is 9.31. The number of carbonyl (C=O) groups excluding carboxylic acids is 1. The molecule has 1 aromatic heterocycles. The number of aldehydes is 1. The molecule has 9 heteroatoms. The first-order chi connectivity index (χ1) is 12.9. The maximum Gasteiger partial charge on any atom is 0.282 e. The van der Waals surface area contributed by atoms with Gasteiger partial charge in [0.2, 0.25) is 0 Å². The predicted octanol–water partition coefficient (Wildman–Crippen LogP) is 3.98. The summed E-state index contributed by atoms with van der Waals surface area (Å²) >= 11 is 1.02. The normalized spacial score (nSPS) is 15.4. The molecule has 0 aliphatic carbocycles. The molecule has 1 aliphatic rings. The Hall–Kier alpha value is -2.94. The molecule has 0 radical (unpaired) electrons. The van der Waals surface area contributed by atoms with E-state index in [1.54, 1.807) is 29.2 Å². The van der Waals surface area contributed by atoms with Gasteiger partial charge in [-0.3, -0.25) is 4.79 Å². The number of alkyl halides is 2. The van der Waals surface area contributed by atoms with Crippen molar-refractivity contribution in [3.05, 3.63) is 47.8 Å². The minimum Gasteiger partial charge on any atom is -0.504 e. The highest BCUT2D eigenvalue weighted by Gasteiger charge is 2.43. The van der Waals surface area contributed by atoms with Crippen molar-refractivity contribution in [2.75, 3.05) is 18.0 Å². The lowest BCUT2D eigenvalue weighted by atomic mass is 10.1. The largest absolute Gasteiger partial charge is 0.504 e. The number of hydrogen-bond donors (Lipinski definition) is 1. The van der Waals surface area contributed by atoms with Crippen LogP contribution in [-0.4, -0.2) is 39.8 Å². The van der Waals surface area contributed by atoms with E-state index in [1.807, 2.05) is 0 Å². The van der Waals surface area contributed by atoms with Gasteiger partial charge in [-0.05, 0) is 47.9 Å². The Morgan fingerprint density at radius 2 is 1.85 bits per heavy atom. The molecular weight excluding hydrogens is 379 g/mol. The number of halogens is 3. The standard InChI is InChI=1S/C18H12F3N3O2S/c19-14-6-11(5-12(7-25)15(14)26)17-22-16(23-27-17)10-1-3-13(4-2-10)24-8-18(20,21)9-24/h1-7,26H,8-9H2. The van der Waals surface area contributed by atoms with Gasteiger partial charge in [-0.25, -0.2) is 18.2 Å². The molecule has 5 nitrogen and oxygen atoms in total. The molecule has 1 fully saturated rings. The van der Waals surface area contributed by atoms with Crippen molar-refractivity contribution in [2.24, 2.45) is 0 Å². The number of carbonyl (C=O) groups is 1. The molecule has 4 rings (SSSR count). The maximum absolute atomic E-state index is 13.7. The van der Waals surface area contributed by atoms with Gasteiger partial charge in [0, 0.05) is 16.8 Å². The topological polar surface area (TPSA) is 66.3 Å². The number of aromatic hydroxyl groups is 1. The van der Waals surface area contributed by atoms with Crippen LogP contribution in [0.15, 0.2) is 36.4 Å². The third-order valence-electron chi connectivity index (χ3n) is 4.23. The van der Waals surface area contributed by atoms with E-state index in [0.717, 1.165) is 17.6 Å². The molecule has 0 spiro atoms. The zero-order chi connectivity index (χ0) is 19.2. The number of phenols is 1. The van der Waals surface area contributed by atoms with E-state index >= 15 is 0 Å². The number of benzene rings is 2. The molecule has 2 aromatic carbocycles. The summed E-state index contributed by atoms with van der Waals surface area (Å²) in [4.78, 5) is 16.8. The Morgan fingerprint density at radius 3 is 2.48 bits per heavy atom. The number of phenolic OH excluding ortho intramolecular Hbond substituents is 1. The molecule has 1 aliphatic heterocycles. The van der Waals surface area contributed by atoms with Gasteiger partial charge in [0.25, 0.3) is 5.92 Å². The monoisotopic (exact) mass is 391 g/mol. The van der Waals surface area contributed by atoms with Gasteiger partial charge < -0.3 is 10.0 Å². The van der Waals surface area contributed by atoms with Crippen molar-refractivity contribution in [1.82, 2.24) is 9.36 Å². The third-order valence-corrected chi connectivity index (χ3v) is 4.99. The van der Waals surface area contributed by atoms with Gasteiger partial charge in [-0.1, -0.05) is 0 Å². The lowest BCUT2D eigenvalue weighted by Crippen LogP contribution is -2.56. The number of hydrogen-bond acceptors (Lipinski definition) is 6. The zero-order valence-electron chi connectivity index (χ0n) is 13.7. The molecule has 0 saturated carbocycles. The van der Waals surface area contributed by atoms with E-state index < -0.39 is 17.5 Å². The fraction of sp³-hybridized carbons (Fsp3) is 0.167. The van der Waals surface area contributed by atoms with Crippen molar-refractivity contribution in [1.29, 1.82) is 0 Å². The Kier molecular flexibility index (Phi) is 4.11. The molecule has 138 valence electrons. The van der Waals surface area contributed by atoms with Gasteiger partial charge in [0.05, 0.1) is 18.7 Å². The predicted molar refractivity (Wildman–Crippen MR) is 95.0 cm³/mol. The number of nitrogens with zero attached hydrogens (tertiary/aromatic N) is 3. The van der Waals surface area contributed by atoms with Crippen LogP contribution in [0.1, 0.15) is 10.4 Å². The average molecular weight is 391 g/mol. The summed E-state index contributed by atoms with van der Waals surface area (Å²) in [6.45, 7) is -0.589. The number of anilines is 1. The van der Waals surface area contributed by atoms with Gasteiger partial charge >= 0.3 is 0 Å². The molecule has 0 unspecified atom stereocenters. The van der Waals surface area contributed by atoms with Crippen LogP contribution in [0.5, 0.6) is 5.75 Å². The minimum absolute atomic E-state index is 0.169. The number of aromatic nitrogens is 2. The summed E-state index contributed by atoms with van der Waals surface area (Å²) in [7, 11) is 0. The lowest BCUT2D eigenvalue weighted by Gasteiger charge is -2.40. The van der Waals surface area contributed by atoms with Crippen LogP contribution in [0.2, 0.25) is 0 Å². The Labute approximate surface area is 155 Å². The fourth-order valence-corrected chi connectivity index (χ4v) is 3.48. The smallest absolute Gasteiger partial charge is 0.282 e. The summed E-state index contributed by atoms with van der Waals surface area (Å²) < 4.78 is 43.9. The van der Waals surface area contributed by atoms with E-state index in [-0.39, 0.29) is 18.7 Å². The molecule has 2 heterocycles. The second kappa shape index (κ2) is 6.34. The summed E-state index contributed by atoms with van der Waals surface area (Å²) in [6.07, 6.45) is 0.363. The Morgan fingerprint density at radius 1 is 1.15 bits per heavy atom. The molecule has 0 amide bonds. The summed E-state index contributed by atoms with van der Waals surface area (Å²) in [5, 5.41) is 9.88. The van der Waals surface area contributed by atoms with E-state index in [4.69, 9.17) is 0 Å². The highest BCUT2D eigenvalue weighted by molar-refractivity contribution is 7.09. The first kappa shape index (κ1) is 17.5. The van der Waals surface area contributed by atoms with Crippen LogP contribution in [0.3, 0.4) is 0 Å². The molecule has 0 atom stereocenters. The van der Waals surface area contributed by atoms with Crippen LogP contribution < -0.4 is 4.90 Å². The SMILES string of the molecule is O=Cc1cc(-c2nc(-c3ccc(N4CC(F)(F)C4)cc3)ns2)cc(F)c1O. The van der Waals surface area contributed by atoms with E-state index in [2.05, 4.69) is 9.36 Å². The van der Waals surface area contributed by atoms with Crippen molar-refractivity contribution in [3.63, 3.8) is 0 Å². The maximum atomic E-state index is 13.7.